The molecule has 0 heterocycles. The molecule has 0 aliphatic carbocycles. The zero-order valence-electron chi connectivity index (χ0n) is 7.72. The Balaban J connectivity index is 2.95. The van der Waals surface area contributed by atoms with Crippen LogP contribution < -0.4 is 0 Å². The second-order valence-electron chi connectivity index (χ2n) is 2.73. The van der Waals surface area contributed by atoms with Gasteiger partial charge in [0.25, 0.3) is 0 Å². The standard InChI is InChI=1S/C9H7Cl3O2S/c1-5(13)14-4-6-2-7(10)3-8(15-12)9(6)11/h2-3H,4H2,1H3. The van der Waals surface area contributed by atoms with Gasteiger partial charge in [-0.3, -0.25) is 4.79 Å². The lowest BCUT2D eigenvalue weighted by molar-refractivity contribution is -0.142. The van der Waals surface area contributed by atoms with E-state index in [-0.39, 0.29) is 12.6 Å². The maximum Gasteiger partial charge on any atom is 0.302 e. The van der Waals surface area contributed by atoms with Crippen LogP contribution >= 0.6 is 44.9 Å². The van der Waals surface area contributed by atoms with Crippen molar-refractivity contribution in [3.8, 4) is 0 Å². The molecule has 0 atom stereocenters. The zero-order valence-corrected chi connectivity index (χ0v) is 10.8. The summed E-state index contributed by atoms with van der Waals surface area (Å²) in [4.78, 5) is 11.3. The Bertz CT molecular complexity index is 382. The molecule has 0 saturated heterocycles. The maximum atomic E-state index is 10.6. The van der Waals surface area contributed by atoms with Crippen molar-refractivity contribution in [3.05, 3.63) is 27.7 Å². The Morgan fingerprint density at radius 3 is 2.67 bits per heavy atom. The number of rotatable bonds is 3. The Morgan fingerprint density at radius 2 is 2.13 bits per heavy atom. The summed E-state index contributed by atoms with van der Waals surface area (Å²) in [6.45, 7) is 1.43. The van der Waals surface area contributed by atoms with Gasteiger partial charge in [0.15, 0.2) is 0 Å². The van der Waals surface area contributed by atoms with Gasteiger partial charge in [-0.15, -0.1) is 0 Å². The van der Waals surface area contributed by atoms with E-state index in [9.17, 15) is 4.79 Å². The lowest BCUT2D eigenvalue weighted by Gasteiger charge is -2.08. The van der Waals surface area contributed by atoms with Crippen LogP contribution in [0.5, 0.6) is 0 Å². The third-order valence-corrected chi connectivity index (χ3v) is 3.36. The summed E-state index contributed by atoms with van der Waals surface area (Å²) in [5.41, 5.74) is 0.641. The van der Waals surface area contributed by atoms with E-state index in [1.165, 1.54) is 6.92 Å². The number of hydrogen-bond donors (Lipinski definition) is 0. The molecule has 1 aromatic rings. The maximum absolute atomic E-state index is 10.6. The number of esters is 1. The van der Waals surface area contributed by atoms with Crippen molar-refractivity contribution in [1.82, 2.24) is 0 Å². The fraction of sp³-hybridized carbons (Fsp3) is 0.222. The van der Waals surface area contributed by atoms with Gasteiger partial charge in [0.1, 0.15) is 6.61 Å². The molecule has 1 rings (SSSR count). The summed E-state index contributed by atoms with van der Waals surface area (Å²) in [7, 11) is 6.58. The molecule has 15 heavy (non-hydrogen) atoms. The number of carbonyl (C=O) groups excluding carboxylic acids is 1. The molecule has 0 radical (unpaired) electrons. The molecule has 0 fully saturated rings. The SMILES string of the molecule is CC(=O)OCc1cc(Cl)cc(SCl)c1Cl. The van der Waals surface area contributed by atoms with Crippen LogP contribution in [-0.4, -0.2) is 5.97 Å². The Hall–Kier alpha value is -0.0900. The molecule has 0 aromatic heterocycles. The van der Waals surface area contributed by atoms with E-state index in [1.54, 1.807) is 12.1 Å². The summed E-state index contributed by atoms with van der Waals surface area (Å²) in [5, 5.41) is 0.963. The van der Waals surface area contributed by atoms with E-state index < -0.39 is 0 Å². The summed E-state index contributed by atoms with van der Waals surface area (Å²) >= 11 is 11.9. The molecule has 1 aromatic carbocycles. The van der Waals surface area contributed by atoms with Crippen LogP contribution in [-0.2, 0) is 16.1 Å². The largest absolute Gasteiger partial charge is 0.461 e. The van der Waals surface area contributed by atoms with Gasteiger partial charge in [0.05, 0.1) is 5.02 Å². The molecule has 0 unspecified atom stereocenters. The van der Waals surface area contributed by atoms with Gasteiger partial charge < -0.3 is 4.74 Å². The number of ether oxygens (including phenoxy) is 1. The molecule has 0 bridgehead atoms. The molecule has 0 aliphatic heterocycles. The van der Waals surface area contributed by atoms with Crippen LogP contribution in [0.4, 0.5) is 0 Å². The van der Waals surface area contributed by atoms with Gasteiger partial charge >= 0.3 is 5.97 Å². The molecule has 0 spiro atoms. The van der Waals surface area contributed by atoms with E-state index in [0.29, 0.717) is 20.5 Å². The van der Waals surface area contributed by atoms with Crippen LogP contribution in [0.1, 0.15) is 12.5 Å². The first kappa shape index (κ1) is 13.0. The van der Waals surface area contributed by atoms with Crippen molar-refractivity contribution < 1.29 is 9.53 Å². The third kappa shape index (κ3) is 3.76. The molecule has 0 aliphatic rings. The summed E-state index contributed by atoms with van der Waals surface area (Å²) in [5.74, 6) is -0.369. The van der Waals surface area contributed by atoms with Crippen molar-refractivity contribution in [3.63, 3.8) is 0 Å². The topological polar surface area (TPSA) is 26.3 Å². The van der Waals surface area contributed by atoms with Crippen LogP contribution in [0.3, 0.4) is 0 Å². The highest BCUT2D eigenvalue weighted by Gasteiger charge is 2.09. The van der Waals surface area contributed by atoms with Crippen LogP contribution in [0.2, 0.25) is 10.0 Å². The minimum absolute atomic E-state index is 0.0964. The average Bonchev–Trinajstić information content (AvgIpc) is 2.18. The van der Waals surface area contributed by atoms with Crippen molar-refractivity contribution in [2.24, 2.45) is 0 Å². The first-order valence-corrected chi connectivity index (χ1v) is 6.34. The van der Waals surface area contributed by atoms with Crippen molar-refractivity contribution >= 4 is 50.8 Å². The molecule has 0 saturated carbocycles. The summed E-state index contributed by atoms with van der Waals surface area (Å²) in [6, 6.07) is 3.29. The predicted molar refractivity (Wildman–Crippen MR) is 63.6 cm³/mol. The molecule has 2 nitrogen and oxygen atoms in total. The predicted octanol–water partition coefficient (Wildman–Crippen LogP) is 4.30. The second-order valence-corrected chi connectivity index (χ2v) is 4.61. The molecule has 0 amide bonds. The van der Waals surface area contributed by atoms with Crippen molar-refractivity contribution in [1.29, 1.82) is 0 Å². The van der Waals surface area contributed by atoms with Gasteiger partial charge in [-0.2, -0.15) is 0 Å². The molecule has 0 N–H and O–H groups in total. The highest BCUT2D eigenvalue weighted by Crippen LogP contribution is 2.35. The van der Waals surface area contributed by atoms with Gasteiger partial charge in [0.2, 0.25) is 0 Å². The number of benzene rings is 1. The average molecular weight is 286 g/mol. The molecule has 6 heteroatoms. The lowest BCUT2D eigenvalue weighted by Crippen LogP contribution is -1.99. The first-order valence-electron chi connectivity index (χ1n) is 3.94. The van der Waals surface area contributed by atoms with Gasteiger partial charge in [-0.05, 0) is 33.8 Å². The molecule has 82 valence electrons. The van der Waals surface area contributed by atoms with E-state index in [2.05, 4.69) is 0 Å². The summed E-state index contributed by atoms with van der Waals surface area (Å²) < 4.78 is 4.83. The van der Waals surface area contributed by atoms with Crippen molar-refractivity contribution in [2.45, 2.75) is 18.4 Å². The van der Waals surface area contributed by atoms with Crippen molar-refractivity contribution in [2.75, 3.05) is 0 Å². The molecular formula is C9H7Cl3O2S. The quantitative estimate of drug-likeness (QED) is 0.774. The lowest BCUT2D eigenvalue weighted by atomic mass is 10.2. The molecular weight excluding hydrogens is 279 g/mol. The number of halogens is 3. The van der Waals surface area contributed by atoms with Crippen LogP contribution in [0.25, 0.3) is 0 Å². The first-order chi connectivity index (χ1) is 7.04. The van der Waals surface area contributed by atoms with Crippen LogP contribution in [0.15, 0.2) is 17.0 Å². The van der Waals surface area contributed by atoms with E-state index in [1.807, 2.05) is 0 Å². The zero-order chi connectivity index (χ0) is 11.4. The number of hydrogen-bond acceptors (Lipinski definition) is 3. The number of carbonyl (C=O) groups is 1. The minimum Gasteiger partial charge on any atom is -0.461 e. The fourth-order valence-corrected chi connectivity index (χ4v) is 2.40. The van der Waals surface area contributed by atoms with Crippen LogP contribution in [0, 0.1) is 0 Å². The Labute approximate surface area is 106 Å². The third-order valence-electron chi connectivity index (χ3n) is 1.59. The van der Waals surface area contributed by atoms with Gasteiger partial charge in [-0.1, -0.05) is 23.2 Å². The van der Waals surface area contributed by atoms with Gasteiger partial charge in [-0.25, -0.2) is 0 Å². The highest BCUT2D eigenvalue weighted by atomic mass is 35.7. The summed E-state index contributed by atoms with van der Waals surface area (Å²) in [6.07, 6.45) is 0. The fourth-order valence-electron chi connectivity index (χ4n) is 0.959. The Morgan fingerprint density at radius 1 is 1.47 bits per heavy atom. The normalized spacial score (nSPS) is 10.1. The van der Waals surface area contributed by atoms with E-state index in [0.717, 1.165) is 11.0 Å². The minimum atomic E-state index is -0.369. The van der Waals surface area contributed by atoms with Gasteiger partial charge in [0, 0.05) is 22.4 Å². The smallest absolute Gasteiger partial charge is 0.302 e. The van der Waals surface area contributed by atoms with E-state index in [4.69, 9.17) is 38.6 Å². The highest BCUT2D eigenvalue weighted by molar-refractivity contribution is 8.21. The Kier molecular flexibility index (Phi) is 5.06. The monoisotopic (exact) mass is 284 g/mol. The second kappa shape index (κ2) is 5.85. The van der Waals surface area contributed by atoms with E-state index >= 15 is 0 Å².